The number of benzene rings is 2. The second-order valence-corrected chi connectivity index (χ2v) is 5.30. The van der Waals surface area contributed by atoms with E-state index in [1.807, 2.05) is 61.5 Å². The van der Waals surface area contributed by atoms with Crippen molar-refractivity contribution in [1.29, 1.82) is 0 Å². The van der Waals surface area contributed by atoms with Gasteiger partial charge in [0.1, 0.15) is 5.75 Å². The van der Waals surface area contributed by atoms with E-state index in [2.05, 4.69) is 10.4 Å². The van der Waals surface area contributed by atoms with Crippen molar-refractivity contribution in [2.24, 2.45) is 0 Å². The van der Waals surface area contributed by atoms with Crippen LogP contribution in [0.15, 0.2) is 67.0 Å². The number of carbonyl (C=O) groups is 1. The molecule has 0 aliphatic rings. The second-order valence-electron chi connectivity index (χ2n) is 5.30. The molecular weight excluding hydrogens is 302 g/mol. The summed E-state index contributed by atoms with van der Waals surface area (Å²) in [7, 11) is 0. The first kappa shape index (κ1) is 15.8. The van der Waals surface area contributed by atoms with Gasteiger partial charge in [0.05, 0.1) is 30.6 Å². The number of para-hydroxylation sites is 2. The van der Waals surface area contributed by atoms with E-state index in [-0.39, 0.29) is 5.91 Å². The zero-order chi connectivity index (χ0) is 16.8. The van der Waals surface area contributed by atoms with Crippen LogP contribution in [0.5, 0.6) is 5.75 Å². The van der Waals surface area contributed by atoms with Gasteiger partial charge in [0.2, 0.25) is 0 Å². The Morgan fingerprint density at radius 1 is 1.12 bits per heavy atom. The topological polar surface area (TPSA) is 56.1 Å². The summed E-state index contributed by atoms with van der Waals surface area (Å²) in [6.45, 7) is 3.08. The van der Waals surface area contributed by atoms with Gasteiger partial charge in [0.15, 0.2) is 0 Å². The summed E-state index contributed by atoms with van der Waals surface area (Å²) in [5.74, 6) is 0.450. The van der Waals surface area contributed by atoms with Crippen molar-refractivity contribution in [2.75, 3.05) is 11.9 Å². The molecule has 24 heavy (non-hydrogen) atoms. The first-order valence-corrected chi connectivity index (χ1v) is 7.86. The molecule has 3 aromatic rings. The van der Waals surface area contributed by atoms with Gasteiger partial charge in [-0.3, -0.25) is 9.48 Å². The third-order valence-electron chi connectivity index (χ3n) is 3.52. The molecule has 0 atom stereocenters. The van der Waals surface area contributed by atoms with Gasteiger partial charge in [0, 0.05) is 6.20 Å². The Kier molecular flexibility index (Phi) is 4.91. The standard InChI is InChI=1S/C19H19N3O2/c1-2-24-18-11-7-6-10-17(18)21-19(23)16-12-20-22(14-16)13-15-8-4-3-5-9-15/h3-12,14H,2,13H2,1H3,(H,21,23). The first-order valence-electron chi connectivity index (χ1n) is 7.86. The Labute approximate surface area is 140 Å². The molecule has 0 fully saturated rings. The van der Waals surface area contributed by atoms with Gasteiger partial charge in [-0.05, 0) is 24.6 Å². The lowest BCUT2D eigenvalue weighted by Gasteiger charge is -2.10. The van der Waals surface area contributed by atoms with Crippen molar-refractivity contribution in [3.05, 3.63) is 78.1 Å². The van der Waals surface area contributed by atoms with Crippen molar-refractivity contribution in [3.8, 4) is 5.75 Å². The smallest absolute Gasteiger partial charge is 0.258 e. The lowest BCUT2D eigenvalue weighted by atomic mass is 10.2. The molecule has 1 aromatic heterocycles. The molecule has 0 unspecified atom stereocenters. The number of hydrogen-bond donors (Lipinski definition) is 1. The van der Waals surface area contributed by atoms with Crippen molar-refractivity contribution in [1.82, 2.24) is 9.78 Å². The molecule has 0 bridgehead atoms. The summed E-state index contributed by atoms with van der Waals surface area (Å²) in [6.07, 6.45) is 3.31. The van der Waals surface area contributed by atoms with Crippen LogP contribution in [0.2, 0.25) is 0 Å². The molecule has 3 rings (SSSR count). The SMILES string of the molecule is CCOc1ccccc1NC(=O)c1cnn(Cc2ccccc2)c1. The molecule has 0 saturated heterocycles. The third kappa shape index (κ3) is 3.81. The molecule has 0 saturated carbocycles. The number of anilines is 1. The maximum atomic E-state index is 12.4. The Bertz CT molecular complexity index is 812. The zero-order valence-electron chi connectivity index (χ0n) is 13.5. The van der Waals surface area contributed by atoms with Gasteiger partial charge < -0.3 is 10.1 Å². The number of aromatic nitrogens is 2. The van der Waals surface area contributed by atoms with Crippen LogP contribution in [0.3, 0.4) is 0 Å². The predicted molar refractivity (Wildman–Crippen MR) is 93.3 cm³/mol. The fourth-order valence-corrected chi connectivity index (χ4v) is 2.38. The Hall–Kier alpha value is -3.08. The highest BCUT2D eigenvalue weighted by Crippen LogP contribution is 2.24. The number of hydrogen-bond acceptors (Lipinski definition) is 3. The van der Waals surface area contributed by atoms with Gasteiger partial charge in [-0.2, -0.15) is 5.10 Å². The maximum absolute atomic E-state index is 12.4. The second kappa shape index (κ2) is 7.46. The van der Waals surface area contributed by atoms with Crippen LogP contribution in [0.1, 0.15) is 22.8 Å². The fraction of sp³-hybridized carbons (Fsp3) is 0.158. The molecule has 1 heterocycles. The van der Waals surface area contributed by atoms with E-state index in [4.69, 9.17) is 4.74 Å². The molecule has 5 nitrogen and oxygen atoms in total. The van der Waals surface area contributed by atoms with E-state index in [9.17, 15) is 4.79 Å². The average Bonchev–Trinajstić information content (AvgIpc) is 3.06. The molecule has 0 aliphatic heterocycles. The molecule has 0 radical (unpaired) electrons. The van der Waals surface area contributed by atoms with Gasteiger partial charge in [-0.1, -0.05) is 42.5 Å². The van der Waals surface area contributed by atoms with Crippen molar-refractivity contribution >= 4 is 11.6 Å². The number of nitrogens with one attached hydrogen (secondary N) is 1. The van der Waals surface area contributed by atoms with Crippen molar-refractivity contribution < 1.29 is 9.53 Å². The largest absolute Gasteiger partial charge is 0.492 e. The Morgan fingerprint density at radius 3 is 2.67 bits per heavy atom. The molecule has 2 aromatic carbocycles. The summed E-state index contributed by atoms with van der Waals surface area (Å²) in [5, 5.41) is 7.13. The molecule has 1 amide bonds. The quantitative estimate of drug-likeness (QED) is 0.755. The Morgan fingerprint density at radius 2 is 1.88 bits per heavy atom. The molecule has 5 heteroatoms. The van der Waals surface area contributed by atoms with E-state index in [1.54, 1.807) is 17.1 Å². The van der Waals surface area contributed by atoms with Crippen LogP contribution < -0.4 is 10.1 Å². The zero-order valence-corrected chi connectivity index (χ0v) is 13.5. The van der Waals surface area contributed by atoms with Gasteiger partial charge in [0.25, 0.3) is 5.91 Å². The van der Waals surface area contributed by atoms with E-state index < -0.39 is 0 Å². The molecule has 1 N–H and O–H groups in total. The van der Waals surface area contributed by atoms with E-state index in [1.165, 1.54) is 0 Å². The summed E-state index contributed by atoms with van der Waals surface area (Å²) in [5.41, 5.74) is 2.30. The highest BCUT2D eigenvalue weighted by Gasteiger charge is 2.11. The minimum atomic E-state index is -0.207. The molecule has 0 aliphatic carbocycles. The average molecular weight is 321 g/mol. The minimum absolute atomic E-state index is 0.207. The lowest BCUT2D eigenvalue weighted by Crippen LogP contribution is -2.12. The monoisotopic (exact) mass is 321 g/mol. The normalized spacial score (nSPS) is 10.4. The van der Waals surface area contributed by atoms with Crippen molar-refractivity contribution in [2.45, 2.75) is 13.5 Å². The van der Waals surface area contributed by atoms with Crippen molar-refractivity contribution in [3.63, 3.8) is 0 Å². The van der Waals surface area contributed by atoms with Crippen LogP contribution in [0.25, 0.3) is 0 Å². The number of ether oxygens (including phenoxy) is 1. The predicted octanol–water partition coefficient (Wildman–Crippen LogP) is 3.58. The maximum Gasteiger partial charge on any atom is 0.258 e. The van der Waals surface area contributed by atoms with E-state index in [0.717, 1.165) is 5.56 Å². The summed E-state index contributed by atoms with van der Waals surface area (Å²) in [6, 6.07) is 17.4. The number of rotatable bonds is 6. The van der Waals surface area contributed by atoms with E-state index >= 15 is 0 Å². The van der Waals surface area contributed by atoms with Gasteiger partial charge in [-0.25, -0.2) is 0 Å². The van der Waals surface area contributed by atoms with Crippen LogP contribution in [-0.4, -0.2) is 22.3 Å². The molecule has 0 spiro atoms. The number of amides is 1. The van der Waals surface area contributed by atoms with Gasteiger partial charge in [-0.15, -0.1) is 0 Å². The third-order valence-corrected chi connectivity index (χ3v) is 3.52. The van der Waals surface area contributed by atoms with Crippen LogP contribution in [0.4, 0.5) is 5.69 Å². The highest BCUT2D eigenvalue weighted by atomic mass is 16.5. The summed E-state index contributed by atoms with van der Waals surface area (Å²) in [4.78, 5) is 12.4. The minimum Gasteiger partial charge on any atom is -0.492 e. The van der Waals surface area contributed by atoms with Crippen LogP contribution in [0, 0.1) is 0 Å². The fourth-order valence-electron chi connectivity index (χ4n) is 2.38. The highest BCUT2D eigenvalue weighted by molar-refractivity contribution is 6.04. The number of carbonyl (C=O) groups excluding carboxylic acids is 1. The van der Waals surface area contributed by atoms with Crippen LogP contribution in [-0.2, 0) is 6.54 Å². The first-order chi connectivity index (χ1) is 11.8. The summed E-state index contributed by atoms with van der Waals surface area (Å²) >= 11 is 0. The molecular formula is C19H19N3O2. The Balaban J connectivity index is 1.70. The summed E-state index contributed by atoms with van der Waals surface area (Å²) < 4.78 is 7.27. The number of nitrogens with zero attached hydrogens (tertiary/aromatic N) is 2. The lowest BCUT2D eigenvalue weighted by molar-refractivity contribution is 0.102. The van der Waals surface area contributed by atoms with Crippen LogP contribution >= 0.6 is 0 Å². The van der Waals surface area contributed by atoms with Gasteiger partial charge >= 0.3 is 0 Å². The van der Waals surface area contributed by atoms with E-state index in [0.29, 0.717) is 30.2 Å². The molecule has 122 valence electrons.